The molecule has 0 aliphatic carbocycles. The zero-order valence-corrected chi connectivity index (χ0v) is 9.79. The maximum Gasteiger partial charge on any atom is 0.296 e. The van der Waals surface area contributed by atoms with Gasteiger partial charge >= 0.3 is 0 Å². The Hall–Kier alpha value is -0.210. The molecule has 3 N–H and O–H groups in total. The smallest absolute Gasteiger partial charge is 0.296 e. The number of piperazine rings is 1. The lowest BCUT2D eigenvalue weighted by atomic mass is 10.1. The molecule has 90 valence electrons. The lowest BCUT2D eigenvalue weighted by Gasteiger charge is -2.38. The van der Waals surface area contributed by atoms with Gasteiger partial charge in [-0.25, -0.2) is 0 Å². The zero-order chi connectivity index (χ0) is 11.7. The second kappa shape index (κ2) is 4.34. The van der Waals surface area contributed by atoms with Crippen molar-refractivity contribution < 1.29 is 18.1 Å². The molecule has 2 unspecified atom stereocenters. The Kier molecular flexibility index (Phi) is 3.72. The fourth-order valence-electron chi connectivity index (χ4n) is 1.62. The van der Waals surface area contributed by atoms with Crippen molar-refractivity contribution in [2.75, 3.05) is 26.2 Å². The predicted molar refractivity (Wildman–Crippen MR) is 56.1 cm³/mol. The van der Waals surface area contributed by atoms with E-state index in [9.17, 15) is 13.5 Å². The summed E-state index contributed by atoms with van der Waals surface area (Å²) in [6.45, 7) is 5.55. The Morgan fingerprint density at radius 1 is 1.40 bits per heavy atom. The van der Waals surface area contributed by atoms with E-state index in [0.717, 1.165) is 20.0 Å². The Balaban J connectivity index is 2.78. The summed E-state index contributed by atoms with van der Waals surface area (Å²) < 4.78 is 30.9. The van der Waals surface area contributed by atoms with Gasteiger partial charge in [0, 0.05) is 26.2 Å². The summed E-state index contributed by atoms with van der Waals surface area (Å²) in [5.74, 6) is 0. The van der Waals surface area contributed by atoms with Gasteiger partial charge in [-0.2, -0.15) is 8.42 Å². The molecule has 1 saturated heterocycles. The van der Waals surface area contributed by atoms with Crippen LogP contribution in [0.2, 0.25) is 0 Å². The number of rotatable bonds is 3. The first-order valence-electron chi connectivity index (χ1n) is 4.91. The molecule has 0 aromatic rings. The maximum absolute atomic E-state index is 11.0. The van der Waals surface area contributed by atoms with E-state index in [1.165, 1.54) is 0 Å². The minimum absolute atomic E-state index is 0.630. The molecule has 0 amide bonds. The summed E-state index contributed by atoms with van der Waals surface area (Å²) in [5.41, 5.74) is 0. The highest BCUT2D eigenvalue weighted by Crippen LogP contribution is 2.21. The lowest BCUT2D eigenvalue weighted by molar-refractivity contribution is 0.0250. The Bertz CT molecular complexity index is 309. The highest BCUT2D eigenvalue weighted by Gasteiger charge is 2.44. The number of aliphatic hydroxyl groups is 1. The normalized spacial score (nSPS) is 25.9. The van der Waals surface area contributed by atoms with Crippen molar-refractivity contribution >= 4 is 10.1 Å². The first-order valence-corrected chi connectivity index (χ1v) is 6.35. The molecule has 6 nitrogen and oxygen atoms in total. The molecule has 0 saturated carbocycles. The highest BCUT2D eigenvalue weighted by atomic mass is 32.2. The van der Waals surface area contributed by atoms with Crippen molar-refractivity contribution in [3.8, 4) is 0 Å². The third-order valence-corrected chi connectivity index (χ3v) is 4.38. The van der Waals surface area contributed by atoms with Crippen molar-refractivity contribution in [2.45, 2.75) is 24.8 Å². The van der Waals surface area contributed by atoms with E-state index in [2.05, 4.69) is 5.32 Å². The van der Waals surface area contributed by atoms with E-state index in [-0.39, 0.29) is 0 Å². The van der Waals surface area contributed by atoms with Gasteiger partial charge in [0.15, 0.2) is 0 Å². The largest absolute Gasteiger partial charge is 0.371 e. The quantitative estimate of drug-likeness (QED) is 0.539. The molecule has 1 heterocycles. The van der Waals surface area contributed by atoms with E-state index in [4.69, 9.17) is 4.55 Å². The van der Waals surface area contributed by atoms with Crippen LogP contribution in [0.25, 0.3) is 0 Å². The van der Waals surface area contributed by atoms with E-state index < -0.39 is 21.1 Å². The summed E-state index contributed by atoms with van der Waals surface area (Å²) in [5, 5.41) is 12.9. The van der Waals surface area contributed by atoms with Crippen LogP contribution in [0.5, 0.6) is 0 Å². The van der Waals surface area contributed by atoms with Crippen LogP contribution in [0, 0.1) is 0 Å². The number of hydrogen-bond donors (Lipinski definition) is 3. The summed E-state index contributed by atoms with van der Waals surface area (Å²) >= 11 is 0. The summed E-state index contributed by atoms with van der Waals surface area (Å²) in [7, 11) is -4.46. The molecular weight excluding hydrogens is 220 g/mol. The summed E-state index contributed by atoms with van der Waals surface area (Å²) in [4.78, 5) is -0.283. The monoisotopic (exact) mass is 238 g/mol. The molecule has 0 spiro atoms. The third-order valence-electron chi connectivity index (χ3n) is 3.00. The van der Waals surface area contributed by atoms with Gasteiger partial charge in [0.1, 0.15) is 0 Å². The Labute approximate surface area is 90.0 Å². The van der Waals surface area contributed by atoms with E-state index in [1.54, 1.807) is 6.92 Å². The van der Waals surface area contributed by atoms with Gasteiger partial charge in [0.2, 0.25) is 4.93 Å². The molecule has 1 fully saturated rings. The van der Waals surface area contributed by atoms with Gasteiger partial charge in [-0.1, -0.05) is 0 Å². The van der Waals surface area contributed by atoms with Crippen LogP contribution in [0.1, 0.15) is 13.8 Å². The molecule has 2 atom stereocenters. The molecule has 0 bridgehead atoms. The summed E-state index contributed by atoms with van der Waals surface area (Å²) in [6.07, 6.45) is 0. The van der Waals surface area contributed by atoms with Crippen LogP contribution in [-0.4, -0.2) is 60.1 Å². The predicted octanol–water partition coefficient (Wildman–Crippen LogP) is -1.12. The standard InChI is InChI=1S/C8H18N2O4S/c1-7(8(2,11)15(12,13)14)10-5-3-9-4-6-10/h7,9,11H,3-6H2,1-2H3,(H,12,13,14). The highest BCUT2D eigenvalue weighted by molar-refractivity contribution is 7.87. The fraction of sp³-hybridized carbons (Fsp3) is 1.00. The van der Waals surface area contributed by atoms with Gasteiger partial charge < -0.3 is 10.4 Å². The minimum Gasteiger partial charge on any atom is -0.371 e. The molecule has 7 heteroatoms. The topological polar surface area (TPSA) is 89.9 Å². The van der Waals surface area contributed by atoms with Crippen molar-refractivity contribution in [3.05, 3.63) is 0 Å². The van der Waals surface area contributed by atoms with E-state index in [0.29, 0.717) is 13.1 Å². The van der Waals surface area contributed by atoms with Crippen molar-refractivity contribution in [3.63, 3.8) is 0 Å². The average Bonchev–Trinajstić information content (AvgIpc) is 2.16. The van der Waals surface area contributed by atoms with Gasteiger partial charge in [-0.3, -0.25) is 9.45 Å². The number of nitrogens with zero attached hydrogens (tertiary/aromatic N) is 1. The van der Waals surface area contributed by atoms with Gasteiger partial charge in [-0.05, 0) is 13.8 Å². The first kappa shape index (κ1) is 12.9. The average molecular weight is 238 g/mol. The molecule has 15 heavy (non-hydrogen) atoms. The zero-order valence-electron chi connectivity index (χ0n) is 8.97. The fourth-order valence-corrected chi connectivity index (χ4v) is 2.20. The summed E-state index contributed by atoms with van der Waals surface area (Å²) in [6, 6.07) is -0.630. The molecule has 0 aromatic heterocycles. The number of hydrogen-bond acceptors (Lipinski definition) is 5. The van der Waals surface area contributed by atoms with E-state index in [1.807, 2.05) is 4.90 Å². The van der Waals surface area contributed by atoms with Gasteiger partial charge in [-0.15, -0.1) is 0 Å². The second-order valence-electron chi connectivity index (χ2n) is 3.99. The molecule has 1 rings (SSSR count). The third kappa shape index (κ3) is 2.67. The Morgan fingerprint density at radius 3 is 2.27 bits per heavy atom. The van der Waals surface area contributed by atoms with E-state index >= 15 is 0 Å². The maximum atomic E-state index is 11.0. The lowest BCUT2D eigenvalue weighted by Crippen LogP contribution is -2.58. The second-order valence-corrected chi connectivity index (χ2v) is 5.77. The van der Waals surface area contributed by atoms with Gasteiger partial charge in [0.05, 0.1) is 6.04 Å². The SMILES string of the molecule is CC(N1CCNCC1)C(C)(O)S(=O)(=O)O. The number of nitrogens with one attached hydrogen (secondary N) is 1. The van der Waals surface area contributed by atoms with Crippen LogP contribution in [0.15, 0.2) is 0 Å². The van der Waals surface area contributed by atoms with Crippen LogP contribution in [0.3, 0.4) is 0 Å². The molecule has 1 aliphatic rings. The van der Waals surface area contributed by atoms with Crippen LogP contribution in [-0.2, 0) is 10.1 Å². The molecular formula is C8H18N2O4S. The molecule has 0 aromatic carbocycles. The Morgan fingerprint density at radius 2 is 1.87 bits per heavy atom. The minimum atomic E-state index is -4.46. The molecule has 1 aliphatic heterocycles. The van der Waals surface area contributed by atoms with Crippen LogP contribution >= 0.6 is 0 Å². The first-order chi connectivity index (χ1) is 6.77. The van der Waals surface area contributed by atoms with Crippen molar-refractivity contribution in [2.24, 2.45) is 0 Å². The van der Waals surface area contributed by atoms with Crippen LogP contribution in [0.4, 0.5) is 0 Å². The molecule has 0 radical (unpaired) electrons. The van der Waals surface area contributed by atoms with Crippen molar-refractivity contribution in [1.82, 2.24) is 10.2 Å². The van der Waals surface area contributed by atoms with Gasteiger partial charge in [0.25, 0.3) is 10.1 Å². The van der Waals surface area contributed by atoms with Crippen molar-refractivity contribution in [1.29, 1.82) is 0 Å². The van der Waals surface area contributed by atoms with Crippen LogP contribution < -0.4 is 5.32 Å².